The Balaban J connectivity index is 2.58. The summed E-state index contributed by atoms with van der Waals surface area (Å²) < 4.78 is 0. The number of hydrogen-bond donors (Lipinski definition) is 3. The van der Waals surface area contributed by atoms with Gasteiger partial charge in [-0.3, -0.25) is 9.59 Å². The third-order valence-electron chi connectivity index (χ3n) is 3.09. The normalized spacial score (nSPS) is 22.7. The van der Waals surface area contributed by atoms with Crippen LogP contribution in [0.1, 0.15) is 33.1 Å². The molecule has 6 heteroatoms. The van der Waals surface area contributed by atoms with Gasteiger partial charge in [0.15, 0.2) is 0 Å². The van der Waals surface area contributed by atoms with Gasteiger partial charge in [-0.15, -0.1) is 0 Å². The summed E-state index contributed by atoms with van der Waals surface area (Å²) in [5.41, 5.74) is 0. The predicted molar refractivity (Wildman–Crippen MR) is 60.2 cm³/mol. The number of carboxylic acids is 1. The van der Waals surface area contributed by atoms with Crippen LogP contribution in [0.2, 0.25) is 0 Å². The van der Waals surface area contributed by atoms with Crippen LogP contribution in [0, 0.1) is 5.92 Å². The smallest absolute Gasteiger partial charge is 0.326 e. The fraction of sp³-hybridized carbons (Fsp3) is 0.727. The zero-order valence-electron chi connectivity index (χ0n) is 10.0. The number of aliphatic carboxylic acids is 1. The van der Waals surface area contributed by atoms with Gasteiger partial charge >= 0.3 is 5.97 Å². The van der Waals surface area contributed by atoms with E-state index in [0.717, 1.165) is 0 Å². The number of hydrogen-bond acceptors (Lipinski definition) is 3. The van der Waals surface area contributed by atoms with E-state index in [2.05, 4.69) is 10.6 Å². The van der Waals surface area contributed by atoms with Crippen LogP contribution < -0.4 is 10.6 Å². The van der Waals surface area contributed by atoms with Crippen molar-refractivity contribution in [3.8, 4) is 0 Å². The molecule has 0 saturated carbocycles. The van der Waals surface area contributed by atoms with Crippen molar-refractivity contribution in [1.29, 1.82) is 0 Å². The molecule has 1 fully saturated rings. The second-order valence-electron chi connectivity index (χ2n) is 4.37. The van der Waals surface area contributed by atoms with E-state index in [4.69, 9.17) is 5.11 Å². The molecule has 17 heavy (non-hydrogen) atoms. The van der Waals surface area contributed by atoms with E-state index in [1.165, 1.54) is 0 Å². The molecule has 1 heterocycles. The number of carbonyl (C=O) groups is 3. The highest BCUT2D eigenvalue weighted by Crippen LogP contribution is 2.11. The van der Waals surface area contributed by atoms with Gasteiger partial charge in [-0.2, -0.15) is 0 Å². The number of amides is 2. The fourth-order valence-electron chi connectivity index (χ4n) is 1.75. The quantitative estimate of drug-likeness (QED) is 0.626. The van der Waals surface area contributed by atoms with E-state index in [-0.39, 0.29) is 11.8 Å². The van der Waals surface area contributed by atoms with E-state index in [9.17, 15) is 14.4 Å². The van der Waals surface area contributed by atoms with E-state index in [0.29, 0.717) is 19.3 Å². The number of rotatable bonds is 5. The summed E-state index contributed by atoms with van der Waals surface area (Å²) in [6, 6.07) is -1.49. The summed E-state index contributed by atoms with van der Waals surface area (Å²) in [5.74, 6) is -1.77. The van der Waals surface area contributed by atoms with Gasteiger partial charge in [-0.25, -0.2) is 4.79 Å². The summed E-state index contributed by atoms with van der Waals surface area (Å²) in [6.07, 6.45) is 1.41. The van der Waals surface area contributed by atoms with E-state index >= 15 is 0 Å². The van der Waals surface area contributed by atoms with Gasteiger partial charge in [-0.1, -0.05) is 20.3 Å². The fourth-order valence-corrected chi connectivity index (χ4v) is 1.75. The lowest BCUT2D eigenvalue weighted by molar-refractivity contribution is -0.143. The molecule has 1 aliphatic rings. The maximum atomic E-state index is 11.7. The number of carbonyl (C=O) groups excluding carboxylic acids is 2. The monoisotopic (exact) mass is 242 g/mol. The Labute approximate surface area is 99.8 Å². The average molecular weight is 242 g/mol. The SMILES string of the molecule is CCC(C)C(NC(=O)[C@@H]1CCC(=O)N1)C(=O)O. The molecule has 96 valence electrons. The molecule has 2 unspecified atom stereocenters. The summed E-state index contributed by atoms with van der Waals surface area (Å²) in [5, 5.41) is 14.0. The Morgan fingerprint density at radius 2 is 2.24 bits per heavy atom. The largest absolute Gasteiger partial charge is 0.480 e. The Kier molecular flexibility index (Phi) is 4.48. The van der Waals surface area contributed by atoms with Crippen LogP contribution in [0.25, 0.3) is 0 Å². The minimum atomic E-state index is -1.04. The molecule has 1 saturated heterocycles. The van der Waals surface area contributed by atoms with Crippen molar-refractivity contribution < 1.29 is 19.5 Å². The highest BCUT2D eigenvalue weighted by atomic mass is 16.4. The van der Waals surface area contributed by atoms with Gasteiger partial charge in [0.05, 0.1) is 0 Å². The maximum absolute atomic E-state index is 11.7. The van der Waals surface area contributed by atoms with Gasteiger partial charge in [0.25, 0.3) is 0 Å². The molecular formula is C11H18N2O4. The van der Waals surface area contributed by atoms with Gasteiger partial charge in [0.2, 0.25) is 11.8 Å². The second-order valence-corrected chi connectivity index (χ2v) is 4.37. The molecule has 6 nitrogen and oxygen atoms in total. The summed E-state index contributed by atoms with van der Waals surface area (Å²) in [7, 11) is 0. The Morgan fingerprint density at radius 1 is 1.59 bits per heavy atom. The second kappa shape index (κ2) is 5.65. The van der Waals surface area contributed by atoms with Crippen molar-refractivity contribution in [2.75, 3.05) is 0 Å². The molecule has 3 atom stereocenters. The highest BCUT2D eigenvalue weighted by Gasteiger charge is 2.32. The van der Waals surface area contributed by atoms with Gasteiger partial charge in [0.1, 0.15) is 12.1 Å². The zero-order chi connectivity index (χ0) is 13.0. The van der Waals surface area contributed by atoms with Crippen molar-refractivity contribution >= 4 is 17.8 Å². The van der Waals surface area contributed by atoms with Crippen molar-refractivity contribution in [2.45, 2.75) is 45.2 Å². The first kappa shape index (κ1) is 13.5. The summed E-state index contributed by atoms with van der Waals surface area (Å²) in [4.78, 5) is 33.7. The lowest BCUT2D eigenvalue weighted by atomic mass is 9.99. The Morgan fingerprint density at radius 3 is 2.65 bits per heavy atom. The van der Waals surface area contributed by atoms with Gasteiger partial charge < -0.3 is 15.7 Å². The number of nitrogens with one attached hydrogen (secondary N) is 2. The van der Waals surface area contributed by atoms with Crippen LogP contribution in [-0.2, 0) is 14.4 Å². The highest BCUT2D eigenvalue weighted by molar-refractivity contribution is 5.92. The van der Waals surface area contributed by atoms with E-state index in [1.807, 2.05) is 6.92 Å². The van der Waals surface area contributed by atoms with Crippen LogP contribution in [0.5, 0.6) is 0 Å². The van der Waals surface area contributed by atoms with E-state index < -0.39 is 24.0 Å². The Bertz CT molecular complexity index is 329. The summed E-state index contributed by atoms with van der Waals surface area (Å²) >= 11 is 0. The molecule has 0 aromatic rings. The van der Waals surface area contributed by atoms with Gasteiger partial charge in [0, 0.05) is 6.42 Å². The maximum Gasteiger partial charge on any atom is 0.326 e. The molecule has 0 bridgehead atoms. The summed E-state index contributed by atoms with van der Waals surface area (Å²) in [6.45, 7) is 3.64. The third kappa shape index (κ3) is 3.44. The van der Waals surface area contributed by atoms with Crippen molar-refractivity contribution in [1.82, 2.24) is 10.6 Å². The molecule has 2 amide bonds. The third-order valence-corrected chi connectivity index (χ3v) is 3.09. The minimum Gasteiger partial charge on any atom is -0.480 e. The molecule has 0 aromatic heterocycles. The van der Waals surface area contributed by atoms with Gasteiger partial charge in [-0.05, 0) is 12.3 Å². The molecule has 0 aliphatic carbocycles. The van der Waals surface area contributed by atoms with E-state index in [1.54, 1.807) is 6.92 Å². The molecule has 0 aromatic carbocycles. The van der Waals surface area contributed by atoms with Crippen LogP contribution in [0.15, 0.2) is 0 Å². The van der Waals surface area contributed by atoms with Crippen LogP contribution in [0.4, 0.5) is 0 Å². The molecule has 1 rings (SSSR count). The van der Waals surface area contributed by atoms with Crippen LogP contribution in [-0.4, -0.2) is 35.0 Å². The lowest BCUT2D eigenvalue weighted by Gasteiger charge is -2.21. The average Bonchev–Trinajstić information content (AvgIpc) is 2.71. The number of carboxylic acid groups (broad SMARTS) is 1. The molecule has 1 aliphatic heterocycles. The van der Waals surface area contributed by atoms with Crippen molar-refractivity contribution in [3.05, 3.63) is 0 Å². The molecule has 3 N–H and O–H groups in total. The minimum absolute atomic E-state index is 0.145. The van der Waals surface area contributed by atoms with Crippen LogP contribution in [0.3, 0.4) is 0 Å². The standard InChI is InChI=1S/C11H18N2O4/c1-3-6(2)9(11(16)17)13-10(15)7-4-5-8(14)12-7/h6-7,9H,3-5H2,1-2H3,(H,12,14)(H,13,15)(H,16,17)/t6?,7-,9?/m0/s1. The lowest BCUT2D eigenvalue weighted by Crippen LogP contribution is -2.51. The van der Waals surface area contributed by atoms with Crippen molar-refractivity contribution in [3.63, 3.8) is 0 Å². The first-order chi connectivity index (χ1) is 7.95. The van der Waals surface area contributed by atoms with Crippen LogP contribution >= 0.6 is 0 Å². The first-order valence-corrected chi connectivity index (χ1v) is 5.78. The Hall–Kier alpha value is -1.59. The zero-order valence-corrected chi connectivity index (χ0v) is 10.0. The topological polar surface area (TPSA) is 95.5 Å². The van der Waals surface area contributed by atoms with Crippen molar-refractivity contribution in [2.24, 2.45) is 5.92 Å². The molecular weight excluding hydrogens is 224 g/mol. The molecule has 0 spiro atoms. The molecule has 0 radical (unpaired) electrons. The first-order valence-electron chi connectivity index (χ1n) is 5.78. The predicted octanol–water partition coefficient (Wildman–Crippen LogP) is -0.119.